The molecule has 1 aromatic heterocycles. The molecule has 0 amide bonds. The van der Waals surface area contributed by atoms with E-state index in [1.165, 1.54) is 23.3 Å². The fourth-order valence-electron chi connectivity index (χ4n) is 3.31. The molecule has 3 rings (SSSR count). The van der Waals surface area contributed by atoms with Crippen LogP contribution in [-0.4, -0.2) is 11.2 Å². The maximum atomic E-state index is 9.61. The number of nitrogens with zero attached hydrogens (tertiary/aromatic N) is 2. The number of nitrogen functional groups attached to an aromatic ring is 1. The Labute approximate surface area is 141 Å². The van der Waals surface area contributed by atoms with Crippen LogP contribution in [0.25, 0.3) is 11.1 Å². The second-order valence-corrected chi connectivity index (χ2v) is 6.81. The number of thioether (sulfide) groups is 1. The molecule has 0 atom stereocenters. The van der Waals surface area contributed by atoms with Crippen molar-refractivity contribution in [3.63, 3.8) is 0 Å². The minimum absolute atomic E-state index is 0.371. The zero-order valence-corrected chi connectivity index (χ0v) is 14.2. The molecule has 0 saturated heterocycles. The number of pyridine rings is 1. The number of aromatic nitrogens is 1. The number of fused-ring (bicyclic) bond motifs is 1. The van der Waals surface area contributed by atoms with Gasteiger partial charge in [0.25, 0.3) is 0 Å². The number of rotatable bonds is 2. The Morgan fingerprint density at radius 1 is 1.09 bits per heavy atom. The van der Waals surface area contributed by atoms with Crippen LogP contribution in [0, 0.1) is 11.3 Å². The summed E-state index contributed by atoms with van der Waals surface area (Å²) >= 11 is 1.72. The van der Waals surface area contributed by atoms with Crippen molar-refractivity contribution in [2.24, 2.45) is 0 Å². The Bertz CT molecular complexity index is 745. The van der Waals surface area contributed by atoms with Crippen molar-refractivity contribution in [3.8, 4) is 17.2 Å². The van der Waals surface area contributed by atoms with E-state index in [-0.39, 0.29) is 0 Å². The number of aryl methyl sites for hydroxylation is 1. The van der Waals surface area contributed by atoms with Crippen LogP contribution in [0.3, 0.4) is 0 Å². The molecule has 1 aliphatic carbocycles. The Balaban J connectivity index is 2.21. The molecule has 1 aromatic carbocycles. The van der Waals surface area contributed by atoms with Gasteiger partial charge in [-0.1, -0.05) is 25.0 Å². The summed E-state index contributed by atoms with van der Waals surface area (Å²) in [5, 5.41) is 9.61. The number of hydrogen-bond donors (Lipinski definition) is 1. The molecule has 2 N–H and O–H groups in total. The van der Waals surface area contributed by atoms with Crippen LogP contribution in [-0.2, 0) is 12.8 Å². The smallest absolute Gasteiger partial charge is 0.142 e. The SMILES string of the molecule is CSc1ccc(-c2c(C#N)c(N)nc3c2CCCCCC3)cc1. The molecule has 3 nitrogen and oxygen atoms in total. The summed E-state index contributed by atoms with van der Waals surface area (Å²) < 4.78 is 0. The zero-order valence-electron chi connectivity index (χ0n) is 13.4. The maximum Gasteiger partial charge on any atom is 0.142 e. The Kier molecular flexibility index (Phi) is 4.88. The highest BCUT2D eigenvalue weighted by atomic mass is 32.2. The van der Waals surface area contributed by atoms with E-state index in [1.54, 1.807) is 11.8 Å². The molecular formula is C19H21N3S. The van der Waals surface area contributed by atoms with E-state index < -0.39 is 0 Å². The predicted molar refractivity (Wildman–Crippen MR) is 96.5 cm³/mol. The predicted octanol–water partition coefficient (Wildman–Crippen LogP) is 4.58. The van der Waals surface area contributed by atoms with Crippen LogP contribution in [0.4, 0.5) is 5.82 Å². The minimum Gasteiger partial charge on any atom is -0.383 e. The van der Waals surface area contributed by atoms with Crippen molar-refractivity contribution in [3.05, 3.63) is 41.1 Å². The van der Waals surface area contributed by atoms with Gasteiger partial charge in [-0.05, 0) is 55.2 Å². The van der Waals surface area contributed by atoms with Crippen molar-refractivity contribution in [1.29, 1.82) is 5.26 Å². The number of nitrogens with two attached hydrogens (primary N) is 1. The van der Waals surface area contributed by atoms with Gasteiger partial charge in [0.1, 0.15) is 17.5 Å². The van der Waals surface area contributed by atoms with Crippen molar-refractivity contribution < 1.29 is 0 Å². The van der Waals surface area contributed by atoms with Crippen LogP contribution in [0.1, 0.15) is 42.5 Å². The molecule has 0 unspecified atom stereocenters. The summed E-state index contributed by atoms with van der Waals surface area (Å²) in [5.74, 6) is 0.371. The van der Waals surface area contributed by atoms with Gasteiger partial charge >= 0.3 is 0 Å². The van der Waals surface area contributed by atoms with E-state index in [2.05, 4.69) is 41.6 Å². The van der Waals surface area contributed by atoms with Crippen LogP contribution in [0.2, 0.25) is 0 Å². The minimum atomic E-state index is 0.371. The van der Waals surface area contributed by atoms with Gasteiger partial charge in [-0.15, -0.1) is 11.8 Å². The van der Waals surface area contributed by atoms with E-state index >= 15 is 0 Å². The molecule has 1 aliphatic rings. The molecule has 0 radical (unpaired) electrons. The lowest BCUT2D eigenvalue weighted by Gasteiger charge is -2.19. The second kappa shape index (κ2) is 7.06. The summed E-state index contributed by atoms with van der Waals surface area (Å²) in [5.41, 5.74) is 11.0. The van der Waals surface area contributed by atoms with Crippen LogP contribution < -0.4 is 5.73 Å². The van der Waals surface area contributed by atoms with Crippen LogP contribution >= 0.6 is 11.8 Å². The Hall–Kier alpha value is -1.99. The first-order valence-electron chi connectivity index (χ1n) is 8.10. The highest BCUT2D eigenvalue weighted by Gasteiger charge is 2.20. The summed E-state index contributed by atoms with van der Waals surface area (Å²) in [6, 6.07) is 10.7. The third-order valence-electron chi connectivity index (χ3n) is 4.49. The first kappa shape index (κ1) is 15.9. The van der Waals surface area contributed by atoms with E-state index in [0.29, 0.717) is 11.4 Å². The molecule has 0 bridgehead atoms. The zero-order chi connectivity index (χ0) is 16.2. The van der Waals surface area contributed by atoms with Gasteiger partial charge < -0.3 is 5.73 Å². The molecule has 0 aliphatic heterocycles. The van der Waals surface area contributed by atoms with E-state index in [4.69, 9.17) is 5.73 Å². The quantitative estimate of drug-likeness (QED) is 0.821. The van der Waals surface area contributed by atoms with Crippen molar-refractivity contribution in [2.45, 2.75) is 43.4 Å². The molecule has 118 valence electrons. The lowest BCUT2D eigenvalue weighted by atomic mass is 9.88. The third-order valence-corrected chi connectivity index (χ3v) is 5.24. The lowest BCUT2D eigenvalue weighted by Crippen LogP contribution is -2.10. The highest BCUT2D eigenvalue weighted by molar-refractivity contribution is 7.98. The first-order valence-corrected chi connectivity index (χ1v) is 9.33. The second-order valence-electron chi connectivity index (χ2n) is 5.93. The van der Waals surface area contributed by atoms with E-state index in [1.807, 2.05) is 0 Å². The van der Waals surface area contributed by atoms with Gasteiger partial charge in [-0.2, -0.15) is 5.26 Å². The molecule has 0 saturated carbocycles. The third kappa shape index (κ3) is 3.20. The van der Waals surface area contributed by atoms with Crippen LogP contribution in [0.5, 0.6) is 0 Å². The van der Waals surface area contributed by atoms with Gasteiger partial charge in [-0.25, -0.2) is 4.98 Å². The topological polar surface area (TPSA) is 62.7 Å². The van der Waals surface area contributed by atoms with E-state index in [9.17, 15) is 5.26 Å². The van der Waals surface area contributed by atoms with Crippen molar-refractivity contribution >= 4 is 17.6 Å². The van der Waals surface area contributed by atoms with Gasteiger partial charge in [-0.3, -0.25) is 0 Å². The fraction of sp³-hybridized carbons (Fsp3) is 0.368. The molecular weight excluding hydrogens is 302 g/mol. The Morgan fingerprint density at radius 2 is 1.78 bits per heavy atom. The largest absolute Gasteiger partial charge is 0.383 e. The molecule has 2 aromatic rings. The average molecular weight is 323 g/mol. The lowest BCUT2D eigenvalue weighted by molar-refractivity contribution is 0.610. The normalized spacial score (nSPS) is 14.4. The van der Waals surface area contributed by atoms with Gasteiger partial charge in [0, 0.05) is 16.2 Å². The summed E-state index contributed by atoms with van der Waals surface area (Å²) in [4.78, 5) is 5.78. The Morgan fingerprint density at radius 3 is 2.43 bits per heavy atom. The molecule has 0 fully saturated rings. The van der Waals surface area contributed by atoms with Crippen molar-refractivity contribution in [2.75, 3.05) is 12.0 Å². The number of nitriles is 1. The summed E-state index contributed by atoms with van der Waals surface area (Å²) in [6.07, 6.45) is 8.80. The van der Waals surface area contributed by atoms with Gasteiger partial charge in [0.15, 0.2) is 0 Å². The van der Waals surface area contributed by atoms with E-state index in [0.717, 1.165) is 42.5 Å². The number of anilines is 1. The summed E-state index contributed by atoms with van der Waals surface area (Å²) in [7, 11) is 0. The van der Waals surface area contributed by atoms with Crippen molar-refractivity contribution in [1.82, 2.24) is 4.98 Å². The number of benzene rings is 1. The van der Waals surface area contributed by atoms with Gasteiger partial charge in [0.2, 0.25) is 0 Å². The van der Waals surface area contributed by atoms with Gasteiger partial charge in [0.05, 0.1) is 0 Å². The first-order chi connectivity index (χ1) is 11.2. The molecule has 4 heteroatoms. The molecule has 23 heavy (non-hydrogen) atoms. The molecule has 0 spiro atoms. The monoisotopic (exact) mass is 323 g/mol. The summed E-state index contributed by atoms with van der Waals surface area (Å²) in [6.45, 7) is 0. The number of hydrogen-bond acceptors (Lipinski definition) is 4. The maximum absolute atomic E-state index is 9.61. The highest BCUT2D eigenvalue weighted by Crippen LogP contribution is 2.35. The molecule has 1 heterocycles. The van der Waals surface area contributed by atoms with Crippen LogP contribution in [0.15, 0.2) is 29.2 Å². The standard InChI is InChI=1S/C19H21N3S/c1-23-14-10-8-13(9-11-14)18-15-6-4-2-3-5-7-17(15)22-19(21)16(18)12-20/h8-11H,2-7H2,1H3,(H2,21,22). The average Bonchev–Trinajstić information content (AvgIpc) is 2.56. The fourth-order valence-corrected chi connectivity index (χ4v) is 3.71.